The van der Waals surface area contributed by atoms with Crippen LogP contribution in [0.2, 0.25) is 0 Å². The number of hydrogen-bond donors (Lipinski definition) is 1. The van der Waals surface area contributed by atoms with Crippen molar-refractivity contribution in [3.05, 3.63) is 75.7 Å². The fourth-order valence-electron chi connectivity index (χ4n) is 3.24. The third-order valence-corrected chi connectivity index (χ3v) is 5.99. The first-order valence-corrected chi connectivity index (χ1v) is 12.6. The lowest BCUT2D eigenvalue weighted by Gasteiger charge is -2.20. The molecule has 1 amide bonds. The summed E-state index contributed by atoms with van der Waals surface area (Å²) in [5.74, 6) is -0.129. The number of rotatable bonds is 10. The molecule has 190 valence electrons. The highest BCUT2D eigenvalue weighted by Gasteiger charge is 2.24. The van der Waals surface area contributed by atoms with Gasteiger partial charge in [0.1, 0.15) is 6.04 Å². The Morgan fingerprint density at radius 1 is 1.11 bits per heavy atom. The lowest BCUT2D eigenvalue weighted by Crippen LogP contribution is -2.42. The van der Waals surface area contributed by atoms with E-state index in [2.05, 4.69) is 36.3 Å². The Morgan fingerprint density at radius 3 is 2.36 bits per heavy atom. The van der Waals surface area contributed by atoms with E-state index in [-0.39, 0.29) is 35.4 Å². The summed E-state index contributed by atoms with van der Waals surface area (Å²) in [6.07, 6.45) is 2.30. The van der Waals surface area contributed by atoms with Gasteiger partial charge in [-0.25, -0.2) is 4.79 Å². The van der Waals surface area contributed by atoms with E-state index in [4.69, 9.17) is 9.15 Å². The van der Waals surface area contributed by atoms with E-state index < -0.39 is 16.9 Å². The second-order valence-corrected chi connectivity index (χ2v) is 10.0. The van der Waals surface area contributed by atoms with Gasteiger partial charge in [-0.15, -0.1) is 10.2 Å². The number of ether oxygens (including phenoxy) is 1. The molecule has 0 aliphatic heterocycles. The van der Waals surface area contributed by atoms with Crippen molar-refractivity contribution in [2.45, 2.75) is 45.3 Å². The van der Waals surface area contributed by atoms with E-state index in [0.29, 0.717) is 23.3 Å². The van der Waals surface area contributed by atoms with E-state index >= 15 is 0 Å². The molecule has 1 unspecified atom stereocenters. The maximum absolute atomic E-state index is 12.8. The van der Waals surface area contributed by atoms with E-state index in [9.17, 15) is 19.7 Å². The Kier molecular flexibility index (Phi) is 8.81. The number of nitrogens with one attached hydrogen (secondary N) is 1. The number of carbonyl (C=O) groups is 2. The second-order valence-electron chi connectivity index (χ2n) is 9.05. The predicted molar refractivity (Wildman–Crippen MR) is 136 cm³/mol. The molecule has 2 aromatic carbocycles. The number of esters is 1. The maximum atomic E-state index is 12.8. The molecule has 1 aromatic heterocycles. The number of amides is 1. The first-order valence-electron chi connectivity index (χ1n) is 11.2. The smallest absolute Gasteiger partial charge is 0.329 e. The molecule has 3 aromatic rings. The van der Waals surface area contributed by atoms with Crippen molar-refractivity contribution in [1.29, 1.82) is 0 Å². The van der Waals surface area contributed by atoms with Crippen molar-refractivity contribution in [2.75, 3.05) is 12.0 Å². The average Bonchev–Trinajstić information content (AvgIpc) is 3.33. The Morgan fingerprint density at radius 2 is 1.78 bits per heavy atom. The number of non-ortho nitro benzene ring substituents is 1. The highest BCUT2D eigenvalue weighted by Crippen LogP contribution is 2.23. The van der Waals surface area contributed by atoms with Crippen LogP contribution in [0.15, 0.2) is 52.9 Å². The van der Waals surface area contributed by atoms with Crippen molar-refractivity contribution >= 4 is 29.3 Å². The molecule has 0 saturated carbocycles. The van der Waals surface area contributed by atoms with Gasteiger partial charge >= 0.3 is 5.97 Å². The third kappa shape index (κ3) is 7.14. The number of nitro benzene ring substituents is 1. The van der Waals surface area contributed by atoms with Crippen LogP contribution >= 0.6 is 11.8 Å². The zero-order valence-corrected chi connectivity index (χ0v) is 21.3. The molecule has 0 bridgehead atoms. The molecule has 10 nitrogen and oxygen atoms in total. The molecule has 3 rings (SSSR count). The Balaban J connectivity index is 1.62. The Labute approximate surface area is 213 Å². The standard InChI is InChI=1S/C25H28N4O6S/c1-25(2,3)18-9-5-16(6-10-18)22(30)26-20(13-14-36-4)24(31)34-15-21-27-28-23(35-21)17-7-11-19(12-8-17)29(32)33/h5-12,20H,13-15H2,1-4H3,(H,26,30). The number of aromatic nitrogens is 2. The average molecular weight is 513 g/mol. The number of thioether (sulfide) groups is 1. The van der Waals surface area contributed by atoms with Crippen LogP contribution in [0.3, 0.4) is 0 Å². The summed E-state index contributed by atoms with van der Waals surface area (Å²) in [5.41, 5.74) is 1.95. The van der Waals surface area contributed by atoms with Crippen molar-refractivity contribution in [2.24, 2.45) is 0 Å². The fraction of sp³-hybridized carbons (Fsp3) is 0.360. The van der Waals surface area contributed by atoms with Crippen LogP contribution in [0, 0.1) is 10.1 Å². The van der Waals surface area contributed by atoms with Gasteiger partial charge in [0.15, 0.2) is 6.61 Å². The molecule has 1 N–H and O–H groups in total. The quantitative estimate of drug-likeness (QED) is 0.236. The van der Waals surface area contributed by atoms with E-state index in [1.807, 2.05) is 18.4 Å². The van der Waals surface area contributed by atoms with Crippen molar-refractivity contribution in [1.82, 2.24) is 15.5 Å². The molecular formula is C25H28N4O6S. The van der Waals surface area contributed by atoms with Crippen molar-refractivity contribution < 1.29 is 23.7 Å². The highest BCUT2D eigenvalue weighted by molar-refractivity contribution is 7.98. The minimum Gasteiger partial charge on any atom is -0.454 e. The van der Waals surface area contributed by atoms with Gasteiger partial charge in [0, 0.05) is 23.3 Å². The molecular weight excluding hydrogens is 484 g/mol. The molecule has 11 heteroatoms. The van der Waals surface area contributed by atoms with Crippen LogP contribution in [-0.2, 0) is 21.6 Å². The Bertz CT molecular complexity index is 1200. The van der Waals surface area contributed by atoms with Gasteiger partial charge < -0.3 is 14.5 Å². The van der Waals surface area contributed by atoms with Crippen molar-refractivity contribution in [3.63, 3.8) is 0 Å². The lowest BCUT2D eigenvalue weighted by atomic mass is 9.86. The topological polar surface area (TPSA) is 137 Å². The van der Waals surface area contributed by atoms with E-state index in [1.165, 1.54) is 24.3 Å². The number of nitro groups is 1. The van der Waals surface area contributed by atoms with Crippen LogP contribution in [0.4, 0.5) is 5.69 Å². The fourth-order valence-corrected chi connectivity index (χ4v) is 3.71. The molecule has 1 heterocycles. The molecule has 36 heavy (non-hydrogen) atoms. The largest absolute Gasteiger partial charge is 0.454 e. The minimum atomic E-state index is -0.843. The summed E-state index contributed by atoms with van der Waals surface area (Å²) in [7, 11) is 0. The van der Waals surface area contributed by atoms with Crippen LogP contribution in [-0.4, -0.2) is 45.0 Å². The van der Waals surface area contributed by atoms with E-state index in [0.717, 1.165) is 5.56 Å². The van der Waals surface area contributed by atoms with Gasteiger partial charge in [0.25, 0.3) is 17.5 Å². The zero-order valence-electron chi connectivity index (χ0n) is 20.5. The number of carbonyl (C=O) groups excluding carboxylic acids is 2. The van der Waals surface area contributed by atoms with E-state index in [1.54, 1.807) is 23.9 Å². The molecule has 0 aliphatic rings. The van der Waals surface area contributed by atoms with Crippen LogP contribution in [0.25, 0.3) is 11.5 Å². The first-order chi connectivity index (χ1) is 17.1. The molecule has 0 saturated heterocycles. The Hall–Kier alpha value is -3.73. The summed E-state index contributed by atoms with van der Waals surface area (Å²) in [6, 6.07) is 12.1. The SMILES string of the molecule is CSCCC(NC(=O)c1ccc(C(C)(C)C)cc1)C(=O)OCc1nnc(-c2ccc([N+](=O)[O-])cc2)o1. The molecule has 0 spiro atoms. The summed E-state index contributed by atoms with van der Waals surface area (Å²) in [6.45, 7) is 6.00. The normalized spacial score (nSPS) is 12.1. The minimum absolute atomic E-state index is 0.0349. The monoisotopic (exact) mass is 512 g/mol. The first kappa shape index (κ1) is 26.9. The van der Waals surface area contributed by atoms with Gasteiger partial charge in [0.05, 0.1) is 4.92 Å². The number of benzene rings is 2. The predicted octanol–water partition coefficient (Wildman–Crippen LogP) is 4.54. The third-order valence-electron chi connectivity index (χ3n) is 5.34. The molecule has 0 fully saturated rings. The molecule has 0 aliphatic carbocycles. The number of nitrogens with zero attached hydrogens (tertiary/aromatic N) is 3. The summed E-state index contributed by atoms with van der Waals surface area (Å²) in [4.78, 5) is 35.8. The van der Waals surface area contributed by atoms with Gasteiger partial charge in [-0.2, -0.15) is 11.8 Å². The van der Waals surface area contributed by atoms with Gasteiger partial charge in [-0.3, -0.25) is 14.9 Å². The van der Waals surface area contributed by atoms with Gasteiger partial charge in [-0.1, -0.05) is 32.9 Å². The summed E-state index contributed by atoms with van der Waals surface area (Å²) >= 11 is 1.55. The number of hydrogen-bond acceptors (Lipinski definition) is 9. The van der Waals surface area contributed by atoms with Crippen molar-refractivity contribution in [3.8, 4) is 11.5 Å². The van der Waals surface area contributed by atoms with Crippen LogP contribution in [0.1, 0.15) is 49.0 Å². The second kappa shape index (κ2) is 11.8. The van der Waals surface area contributed by atoms with Crippen LogP contribution in [0.5, 0.6) is 0 Å². The maximum Gasteiger partial charge on any atom is 0.329 e. The highest BCUT2D eigenvalue weighted by atomic mass is 32.2. The summed E-state index contributed by atoms with van der Waals surface area (Å²) < 4.78 is 10.8. The zero-order chi connectivity index (χ0) is 26.3. The van der Waals surface area contributed by atoms with Crippen LogP contribution < -0.4 is 5.32 Å². The van der Waals surface area contributed by atoms with Gasteiger partial charge in [0.2, 0.25) is 5.89 Å². The lowest BCUT2D eigenvalue weighted by molar-refractivity contribution is -0.384. The summed E-state index contributed by atoms with van der Waals surface area (Å²) in [5, 5.41) is 21.3. The van der Waals surface area contributed by atoms with Gasteiger partial charge in [-0.05, 0) is 53.7 Å². The molecule has 0 radical (unpaired) electrons. The molecule has 1 atom stereocenters.